The number of anilines is 1. The first-order valence-electron chi connectivity index (χ1n) is 11.1. The van der Waals surface area contributed by atoms with E-state index in [0.717, 1.165) is 4.90 Å². The summed E-state index contributed by atoms with van der Waals surface area (Å²) in [5.41, 5.74) is 1.43. The second-order valence-corrected chi connectivity index (χ2v) is 9.13. The number of carbonyl (C=O) groups is 3. The Kier molecular flexibility index (Phi) is 6.40. The highest BCUT2D eigenvalue weighted by atomic mass is 32.2. The first-order chi connectivity index (χ1) is 17.8. The Hall–Kier alpha value is -4.58. The molecular formula is C25H19N3O8S. The number of thioether (sulfide) groups is 1. The molecule has 1 saturated heterocycles. The van der Waals surface area contributed by atoms with Crippen molar-refractivity contribution in [2.45, 2.75) is 6.92 Å². The number of hydrogen-bond donors (Lipinski definition) is 1. The van der Waals surface area contributed by atoms with Gasteiger partial charge in [0, 0.05) is 35.0 Å². The predicted molar refractivity (Wildman–Crippen MR) is 134 cm³/mol. The standard InChI is InChI=1S/C25H19N3O8S/c1-14-2-3-15(10-18(14)28(32)33)19-7-5-17(36-19)12-22-24(30)27(25(31)37-22)13-23(29)26-16-4-6-20-21(11-16)35-9-8-34-20/h2-7,10-12H,8-9,13H2,1H3,(H,26,29)/b22-12+. The number of imide groups is 1. The van der Waals surface area contributed by atoms with Gasteiger partial charge in [-0.1, -0.05) is 12.1 Å². The van der Waals surface area contributed by atoms with E-state index >= 15 is 0 Å². The van der Waals surface area contributed by atoms with Crippen molar-refractivity contribution in [1.29, 1.82) is 0 Å². The van der Waals surface area contributed by atoms with E-state index in [1.54, 1.807) is 49.4 Å². The van der Waals surface area contributed by atoms with Crippen LogP contribution in [0.15, 0.2) is 57.9 Å². The Bertz CT molecular complexity index is 1480. The first kappa shape index (κ1) is 24.1. The average molecular weight is 522 g/mol. The second kappa shape index (κ2) is 9.82. The second-order valence-electron chi connectivity index (χ2n) is 8.13. The highest BCUT2D eigenvalue weighted by molar-refractivity contribution is 8.18. The zero-order valence-corrected chi connectivity index (χ0v) is 20.2. The number of ether oxygens (including phenoxy) is 2. The molecule has 3 amide bonds. The summed E-state index contributed by atoms with van der Waals surface area (Å²) < 4.78 is 16.7. The van der Waals surface area contributed by atoms with Crippen molar-refractivity contribution in [2.24, 2.45) is 0 Å². The van der Waals surface area contributed by atoms with E-state index in [-0.39, 0.29) is 16.4 Å². The van der Waals surface area contributed by atoms with Gasteiger partial charge in [0.1, 0.15) is 31.3 Å². The average Bonchev–Trinajstić information content (AvgIpc) is 3.44. The zero-order chi connectivity index (χ0) is 26.1. The third-order valence-electron chi connectivity index (χ3n) is 5.59. The maximum Gasteiger partial charge on any atom is 0.294 e. The Balaban J connectivity index is 1.26. The molecule has 2 aliphatic rings. The fourth-order valence-electron chi connectivity index (χ4n) is 3.78. The third-order valence-corrected chi connectivity index (χ3v) is 6.50. The van der Waals surface area contributed by atoms with Crippen molar-refractivity contribution in [3.05, 3.63) is 74.9 Å². The number of amides is 3. The molecule has 37 heavy (non-hydrogen) atoms. The Morgan fingerprint density at radius 1 is 1.11 bits per heavy atom. The van der Waals surface area contributed by atoms with Crippen LogP contribution in [0.2, 0.25) is 0 Å². The molecule has 5 rings (SSSR count). The van der Waals surface area contributed by atoms with Gasteiger partial charge in [-0.15, -0.1) is 0 Å². The topological polar surface area (TPSA) is 141 Å². The van der Waals surface area contributed by atoms with E-state index in [9.17, 15) is 24.5 Å². The van der Waals surface area contributed by atoms with Crippen molar-refractivity contribution in [2.75, 3.05) is 25.1 Å². The van der Waals surface area contributed by atoms with Crippen LogP contribution in [0, 0.1) is 17.0 Å². The minimum atomic E-state index is -0.628. The minimum absolute atomic E-state index is 0.0360. The van der Waals surface area contributed by atoms with Crippen LogP contribution < -0.4 is 14.8 Å². The van der Waals surface area contributed by atoms with Crippen LogP contribution in [0.25, 0.3) is 17.4 Å². The van der Waals surface area contributed by atoms with Crippen molar-refractivity contribution >= 4 is 46.3 Å². The van der Waals surface area contributed by atoms with Crippen LogP contribution in [0.3, 0.4) is 0 Å². The molecule has 1 N–H and O–H groups in total. The number of nitro benzene ring substituents is 1. The Labute approximate surface area is 214 Å². The summed E-state index contributed by atoms with van der Waals surface area (Å²) in [4.78, 5) is 49.5. The van der Waals surface area contributed by atoms with E-state index < -0.39 is 28.5 Å². The fourth-order valence-corrected chi connectivity index (χ4v) is 4.59. The molecule has 0 bridgehead atoms. The summed E-state index contributed by atoms with van der Waals surface area (Å²) in [5.74, 6) is 0.535. The highest BCUT2D eigenvalue weighted by Crippen LogP contribution is 2.35. The molecule has 12 heteroatoms. The molecule has 1 aromatic heterocycles. The monoisotopic (exact) mass is 521 g/mol. The first-order valence-corrected chi connectivity index (χ1v) is 11.9. The number of aryl methyl sites for hydroxylation is 1. The molecule has 2 aliphatic heterocycles. The number of rotatable bonds is 6. The molecule has 0 radical (unpaired) electrons. The zero-order valence-electron chi connectivity index (χ0n) is 19.4. The Morgan fingerprint density at radius 2 is 1.89 bits per heavy atom. The number of nitrogens with one attached hydrogen (secondary N) is 1. The van der Waals surface area contributed by atoms with Crippen LogP contribution >= 0.6 is 11.8 Å². The molecule has 0 saturated carbocycles. The van der Waals surface area contributed by atoms with Gasteiger partial charge >= 0.3 is 0 Å². The highest BCUT2D eigenvalue weighted by Gasteiger charge is 2.36. The van der Waals surface area contributed by atoms with Crippen molar-refractivity contribution in [3.63, 3.8) is 0 Å². The molecule has 3 heterocycles. The number of carbonyl (C=O) groups excluding carboxylic acids is 3. The van der Waals surface area contributed by atoms with Crippen molar-refractivity contribution < 1.29 is 33.2 Å². The van der Waals surface area contributed by atoms with Gasteiger partial charge in [-0.05, 0) is 43.0 Å². The smallest absolute Gasteiger partial charge is 0.294 e. The van der Waals surface area contributed by atoms with Crippen LogP contribution in [-0.4, -0.2) is 46.6 Å². The molecule has 0 unspecified atom stereocenters. The van der Waals surface area contributed by atoms with E-state index in [2.05, 4.69) is 5.32 Å². The van der Waals surface area contributed by atoms with E-state index in [0.29, 0.717) is 59.0 Å². The molecule has 188 valence electrons. The van der Waals surface area contributed by atoms with Crippen LogP contribution in [0.5, 0.6) is 11.5 Å². The molecular weight excluding hydrogens is 502 g/mol. The van der Waals surface area contributed by atoms with Gasteiger partial charge < -0.3 is 19.2 Å². The summed E-state index contributed by atoms with van der Waals surface area (Å²) in [5, 5.41) is 13.3. The molecule has 2 aromatic carbocycles. The number of nitro groups is 1. The lowest BCUT2D eigenvalue weighted by Gasteiger charge is -2.19. The summed E-state index contributed by atoms with van der Waals surface area (Å²) in [6, 6.07) is 12.8. The van der Waals surface area contributed by atoms with E-state index in [1.807, 2.05) is 0 Å². The molecule has 0 atom stereocenters. The van der Waals surface area contributed by atoms with Crippen LogP contribution in [0.4, 0.5) is 16.2 Å². The summed E-state index contributed by atoms with van der Waals surface area (Å²) in [7, 11) is 0. The summed E-state index contributed by atoms with van der Waals surface area (Å²) in [6.07, 6.45) is 1.40. The maximum absolute atomic E-state index is 12.8. The summed E-state index contributed by atoms with van der Waals surface area (Å²) >= 11 is 0.690. The molecule has 0 spiro atoms. The van der Waals surface area contributed by atoms with Crippen LogP contribution in [-0.2, 0) is 9.59 Å². The van der Waals surface area contributed by atoms with Gasteiger partial charge in [0.05, 0.1) is 9.83 Å². The molecule has 11 nitrogen and oxygen atoms in total. The van der Waals surface area contributed by atoms with Crippen molar-refractivity contribution in [1.82, 2.24) is 4.90 Å². The maximum atomic E-state index is 12.8. The molecule has 3 aromatic rings. The lowest BCUT2D eigenvalue weighted by molar-refractivity contribution is -0.385. The van der Waals surface area contributed by atoms with Gasteiger partial charge in [0.25, 0.3) is 16.8 Å². The molecule has 1 fully saturated rings. The lowest BCUT2D eigenvalue weighted by atomic mass is 10.1. The normalized spacial score (nSPS) is 15.8. The number of fused-ring (bicyclic) bond motifs is 1. The van der Waals surface area contributed by atoms with E-state index in [4.69, 9.17) is 13.9 Å². The predicted octanol–water partition coefficient (Wildman–Crippen LogP) is 4.61. The number of hydrogen-bond acceptors (Lipinski definition) is 9. The third kappa shape index (κ3) is 5.05. The quantitative estimate of drug-likeness (QED) is 0.280. The fraction of sp³-hybridized carbons (Fsp3) is 0.160. The lowest BCUT2D eigenvalue weighted by Crippen LogP contribution is -2.36. The Morgan fingerprint density at radius 3 is 2.68 bits per heavy atom. The largest absolute Gasteiger partial charge is 0.486 e. The van der Waals surface area contributed by atoms with Gasteiger partial charge in [0.15, 0.2) is 11.5 Å². The molecule has 0 aliphatic carbocycles. The number of nitrogens with zero attached hydrogens (tertiary/aromatic N) is 2. The SMILES string of the molecule is Cc1ccc(-c2ccc(/C=C3/SC(=O)N(CC(=O)Nc4ccc5c(c4)OCCO5)C3=O)o2)cc1[N+](=O)[O-]. The van der Waals surface area contributed by atoms with Gasteiger partial charge in [0.2, 0.25) is 5.91 Å². The van der Waals surface area contributed by atoms with Gasteiger partial charge in [-0.2, -0.15) is 0 Å². The van der Waals surface area contributed by atoms with E-state index in [1.165, 1.54) is 12.1 Å². The minimum Gasteiger partial charge on any atom is -0.486 e. The van der Waals surface area contributed by atoms with Gasteiger partial charge in [-0.25, -0.2) is 0 Å². The summed E-state index contributed by atoms with van der Waals surface area (Å²) in [6.45, 7) is 2.02. The van der Waals surface area contributed by atoms with Gasteiger partial charge in [-0.3, -0.25) is 29.4 Å². The van der Waals surface area contributed by atoms with Crippen LogP contribution in [0.1, 0.15) is 11.3 Å². The number of benzene rings is 2. The van der Waals surface area contributed by atoms with Crippen molar-refractivity contribution in [3.8, 4) is 22.8 Å². The number of furan rings is 1.